The molecular weight excluding hydrogens is 329 g/mol. The van der Waals surface area contributed by atoms with Crippen molar-refractivity contribution in [2.45, 2.75) is 64.8 Å². The van der Waals surface area contributed by atoms with Crippen molar-refractivity contribution in [2.75, 3.05) is 0 Å². The summed E-state index contributed by atoms with van der Waals surface area (Å²) in [6.45, 7) is 7.02. The van der Waals surface area contributed by atoms with Crippen LogP contribution in [-0.4, -0.2) is 5.54 Å². The number of hydrogen-bond acceptors (Lipinski definition) is 1. The molecule has 2 rings (SSSR count). The van der Waals surface area contributed by atoms with Gasteiger partial charge in [0.05, 0.1) is 0 Å². The third-order valence-corrected chi connectivity index (χ3v) is 6.29. The Hall–Kier alpha value is -0.410. The highest BCUT2D eigenvalue weighted by atomic mass is 79.9. The average Bonchev–Trinajstić information content (AvgIpc) is 2.42. The lowest BCUT2D eigenvalue weighted by atomic mass is 9.65. The number of halogens is 2. The molecule has 0 aromatic heterocycles. The number of hydrogen-bond donors (Lipinski definition) is 1. The monoisotopic (exact) mass is 355 g/mol. The van der Waals surface area contributed by atoms with Crippen LogP contribution in [0.25, 0.3) is 0 Å². The van der Waals surface area contributed by atoms with Crippen LogP contribution >= 0.6 is 15.9 Å². The first-order valence-electron chi connectivity index (χ1n) is 7.98. The van der Waals surface area contributed by atoms with Gasteiger partial charge in [-0.15, -0.1) is 0 Å². The zero-order chi connectivity index (χ0) is 15.7. The molecule has 1 fully saturated rings. The maximum atomic E-state index is 13.2. The first-order valence-corrected chi connectivity index (χ1v) is 8.78. The van der Waals surface area contributed by atoms with Crippen molar-refractivity contribution < 1.29 is 4.39 Å². The van der Waals surface area contributed by atoms with Gasteiger partial charge < -0.3 is 5.73 Å². The van der Waals surface area contributed by atoms with E-state index in [4.69, 9.17) is 5.73 Å². The molecule has 0 radical (unpaired) electrons. The van der Waals surface area contributed by atoms with E-state index < -0.39 is 0 Å². The maximum absolute atomic E-state index is 13.2. The second-order valence-electron chi connectivity index (χ2n) is 7.39. The Bertz CT molecular complexity index is 490. The summed E-state index contributed by atoms with van der Waals surface area (Å²) in [4.78, 5) is 0. The molecule has 0 saturated heterocycles. The molecule has 1 saturated carbocycles. The Balaban J connectivity index is 2.02. The quantitative estimate of drug-likeness (QED) is 0.762. The highest BCUT2D eigenvalue weighted by molar-refractivity contribution is 9.10. The first-order chi connectivity index (χ1) is 9.76. The van der Waals surface area contributed by atoms with Gasteiger partial charge in [0, 0.05) is 10.0 Å². The first kappa shape index (κ1) is 17.0. The SMILES string of the molecule is CCC(C)(C)C1CCC(N)(Cc2ccc(F)cc2Br)CC1. The Morgan fingerprint density at radius 1 is 1.33 bits per heavy atom. The molecule has 2 N–H and O–H groups in total. The normalized spacial score (nSPS) is 26.9. The van der Waals surface area contributed by atoms with Crippen LogP contribution in [0.1, 0.15) is 58.4 Å². The minimum Gasteiger partial charge on any atom is -0.325 e. The largest absolute Gasteiger partial charge is 0.325 e. The van der Waals surface area contributed by atoms with E-state index in [-0.39, 0.29) is 11.4 Å². The molecule has 1 aliphatic rings. The molecule has 118 valence electrons. The maximum Gasteiger partial charge on any atom is 0.124 e. The van der Waals surface area contributed by atoms with Crippen LogP contribution in [0, 0.1) is 17.2 Å². The van der Waals surface area contributed by atoms with Crippen LogP contribution in [0.2, 0.25) is 0 Å². The van der Waals surface area contributed by atoms with Crippen molar-refractivity contribution in [3.8, 4) is 0 Å². The van der Waals surface area contributed by atoms with Crippen LogP contribution in [0.3, 0.4) is 0 Å². The second-order valence-corrected chi connectivity index (χ2v) is 8.25. The summed E-state index contributed by atoms with van der Waals surface area (Å²) in [5, 5.41) is 0. The van der Waals surface area contributed by atoms with E-state index >= 15 is 0 Å². The smallest absolute Gasteiger partial charge is 0.124 e. The van der Waals surface area contributed by atoms with Crippen molar-refractivity contribution in [1.82, 2.24) is 0 Å². The van der Waals surface area contributed by atoms with E-state index in [1.54, 1.807) is 0 Å². The standard InChI is InChI=1S/C18H27BrFN/c1-4-17(2,3)14-7-9-18(21,10-8-14)12-13-5-6-15(20)11-16(13)19/h5-6,11,14H,4,7-10,12,21H2,1-3H3. The Morgan fingerprint density at radius 3 is 2.48 bits per heavy atom. The van der Waals surface area contributed by atoms with Crippen molar-refractivity contribution >= 4 is 15.9 Å². The Kier molecular flexibility index (Phi) is 5.15. The molecule has 0 spiro atoms. The van der Waals surface area contributed by atoms with Gasteiger partial charge in [-0.05, 0) is 61.1 Å². The molecule has 1 aromatic carbocycles. The lowest BCUT2D eigenvalue weighted by Crippen LogP contribution is -2.47. The van der Waals surface area contributed by atoms with Crippen LogP contribution < -0.4 is 5.73 Å². The van der Waals surface area contributed by atoms with Crippen molar-refractivity contribution in [3.05, 3.63) is 34.1 Å². The second kappa shape index (κ2) is 6.37. The van der Waals surface area contributed by atoms with Gasteiger partial charge in [0.1, 0.15) is 5.82 Å². The van der Waals surface area contributed by atoms with E-state index in [9.17, 15) is 4.39 Å². The minimum absolute atomic E-state index is 0.138. The third-order valence-electron chi connectivity index (χ3n) is 5.56. The van der Waals surface area contributed by atoms with E-state index in [2.05, 4.69) is 36.7 Å². The van der Waals surface area contributed by atoms with Gasteiger partial charge in [-0.3, -0.25) is 0 Å². The van der Waals surface area contributed by atoms with E-state index in [0.717, 1.165) is 35.2 Å². The number of rotatable bonds is 4. The summed E-state index contributed by atoms with van der Waals surface area (Å²) in [7, 11) is 0. The predicted molar refractivity (Wildman–Crippen MR) is 90.8 cm³/mol. The third kappa shape index (κ3) is 4.07. The van der Waals surface area contributed by atoms with E-state index in [0.29, 0.717) is 5.41 Å². The molecule has 0 amide bonds. The van der Waals surface area contributed by atoms with Crippen LogP contribution in [0.4, 0.5) is 4.39 Å². The fraction of sp³-hybridized carbons (Fsp3) is 0.667. The molecule has 0 aliphatic heterocycles. The van der Waals surface area contributed by atoms with Gasteiger partial charge in [0.15, 0.2) is 0 Å². The predicted octanol–water partition coefficient (Wildman–Crippen LogP) is 5.45. The zero-order valence-corrected chi connectivity index (χ0v) is 15.0. The minimum atomic E-state index is -0.204. The topological polar surface area (TPSA) is 26.0 Å². The summed E-state index contributed by atoms with van der Waals surface area (Å²) in [5.74, 6) is 0.570. The average molecular weight is 356 g/mol. The van der Waals surface area contributed by atoms with Gasteiger partial charge in [-0.25, -0.2) is 4.39 Å². The van der Waals surface area contributed by atoms with Gasteiger partial charge in [0.2, 0.25) is 0 Å². The van der Waals surface area contributed by atoms with Gasteiger partial charge in [-0.2, -0.15) is 0 Å². The fourth-order valence-electron chi connectivity index (χ4n) is 3.48. The van der Waals surface area contributed by atoms with Crippen LogP contribution in [0.15, 0.2) is 22.7 Å². The molecule has 1 aliphatic carbocycles. The molecule has 0 heterocycles. The van der Waals surface area contributed by atoms with Gasteiger partial charge in [-0.1, -0.05) is 49.2 Å². The van der Waals surface area contributed by atoms with E-state index in [1.165, 1.54) is 31.4 Å². The Labute approximate surface area is 136 Å². The molecule has 3 heteroatoms. The van der Waals surface area contributed by atoms with Crippen molar-refractivity contribution in [2.24, 2.45) is 17.1 Å². The molecule has 1 aromatic rings. The van der Waals surface area contributed by atoms with Crippen LogP contribution in [0.5, 0.6) is 0 Å². The summed E-state index contributed by atoms with van der Waals surface area (Å²) >= 11 is 3.46. The summed E-state index contributed by atoms with van der Waals surface area (Å²) < 4.78 is 14.0. The van der Waals surface area contributed by atoms with Crippen LogP contribution in [-0.2, 0) is 6.42 Å². The number of benzene rings is 1. The Morgan fingerprint density at radius 2 is 1.95 bits per heavy atom. The fourth-order valence-corrected chi connectivity index (χ4v) is 3.98. The summed E-state index contributed by atoms with van der Waals surface area (Å²) in [5.41, 5.74) is 8.02. The molecule has 0 unspecified atom stereocenters. The highest BCUT2D eigenvalue weighted by Gasteiger charge is 2.37. The lowest BCUT2D eigenvalue weighted by molar-refractivity contribution is 0.115. The number of nitrogens with two attached hydrogens (primary N) is 1. The molecular formula is C18H27BrFN. The van der Waals surface area contributed by atoms with Gasteiger partial charge >= 0.3 is 0 Å². The van der Waals surface area contributed by atoms with Crippen molar-refractivity contribution in [3.63, 3.8) is 0 Å². The lowest BCUT2D eigenvalue weighted by Gasteiger charge is -2.43. The molecule has 21 heavy (non-hydrogen) atoms. The zero-order valence-electron chi connectivity index (χ0n) is 13.4. The summed E-state index contributed by atoms with van der Waals surface area (Å²) in [6, 6.07) is 4.91. The summed E-state index contributed by atoms with van der Waals surface area (Å²) in [6.07, 6.45) is 6.58. The van der Waals surface area contributed by atoms with E-state index in [1.807, 2.05) is 6.07 Å². The molecule has 0 atom stereocenters. The molecule has 0 bridgehead atoms. The van der Waals surface area contributed by atoms with Gasteiger partial charge in [0.25, 0.3) is 0 Å². The molecule has 1 nitrogen and oxygen atoms in total. The van der Waals surface area contributed by atoms with Crippen molar-refractivity contribution in [1.29, 1.82) is 0 Å². The highest BCUT2D eigenvalue weighted by Crippen LogP contribution is 2.43.